The number of phenols is 1. The van der Waals surface area contributed by atoms with E-state index in [-0.39, 0.29) is 23.6 Å². The first-order valence-corrected chi connectivity index (χ1v) is 9.85. The van der Waals surface area contributed by atoms with Gasteiger partial charge in [-0.15, -0.1) is 5.11 Å². The number of phenolic OH excluding ortho intramolecular Hbond substituents is 1. The van der Waals surface area contributed by atoms with Gasteiger partial charge in [0.25, 0.3) is 5.56 Å². The number of H-pyrrole nitrogens is 1. The standard InChI is InChI=1S/C21H17BrN4O4/c1-11-9-18(28)30-20-15(11)7-8-17(27)16(20)10-26-21(29)19(12(2)25-26)24-23-14-5-3-13(22)4-6-14/h3-9,25,27H,10H2,1-2H3. The van der Waals surface area contributed by atoms with Gasteiger partial charge in [-0.2, -0.15) is 5.11 Å². The van der Waals surface area contributed by atoms with Crippen molar-refractivity contribution in [2.75, 3.05) is 0 Å². The van der Waals surface area contributed by atoms with Gasteiger partial charge in [0, 0.05) is 15.9 Å². The minimum Gasteiger partial charge on any atom is -0.507 e. The van der Waals surface area contributed by atoms with E-state index in [1.165, 1.54) is 16.8 Å². The summed E-state index contributed by atoms with van der Waals surface area (Å²) >= 11 is 3.35. The Morgan fingerprint density at radius 1 is 1.10 bits per heavy atom. The number of aromatic hydroxyl groups is 1. The van der Waals surface area contributed by atoms with E-state index in [1.807, 2.05) is 12.1 Å². The molecule has 0 saturated heterocycles. The zero-order valence-electron chi connectivity index (χ0n) is 16.1. The highest BCUT2D eigenvalue weighted by atomic mass is 79.9. The smallest absolute Gasteiger partial charge is 0.336 e. The Hall–Kier alpha value is -3.46. The van der Waals surface area contributed by atoms with E-state index in [2.05, 4.69) is 31.3 Å². The molecular weight excluding hydrogens is 452 g/mol. The van der Waals surface area contributed by atoms with Crippen molar-refractivity contribution in [2.24, 2.45) is 10.2 Å². The van der Waals surface area contributed by atoms with Crippen molar-refractivity contribution in [1.29, 1.82) is 0 Å². The lowest BCUT2D eigenvalue weighted by Gasteiger charge is -2.09. The number of azo groups is 1. The van der Waals surface area contributed by atoms with Gasteiger partial charge in [0.05, 0.1) is 23.5 Å². The molecule has 4 rings (SSSR count). The predicted octanol–water partition coefficient (Wildman–Crippen LogP) is 4.83. The summed E-state index contributed by atoms with van der Waals surface area (Å²) in [6.45, 7) is 3.47. The maximum atomic E-state index is 12.8. The van der Waals surface area contributed by atoms with Crippen LogP contribution < -0.4 is 11.2 Å². The van der Waals surface area contributed by atoms with Gasteiger partial charge in [-0.25, -0.2) is 9.48 Å². The molecule has 2 N–H and O–H groups in total. The average molecular weight is 469 g/mol. The Morgan fingerprint density at radius 3 is 2.57 bits per heavy atom. The molecule has 4 aromatic rings. The van der Waals surface area contributed by atoms with Crippen LogP contribution in [0.1, 0.15) is 16.8 Å². The molecule has 0 radical (unpaired) electrons. The maximum Gasteiger partial charge on any atom is 0.336 e. The van der Waals surface area contributed by atoms with Crippen molar-refractivity contribution in [1.82, 2.24) is 9.78 Å². The van der Waals surface area contributed by atoms with E-state index in [0.29, 0.717) is 22.3 Å². The summed E-state index contributed by atoms with van der Waals surface area (Å²) < 4.78 is 7.54. The minimum atomic E-state index is -0.522. The van der Waals surface area contributed by atoms with Gasteiger partial charge in [-0.05, 0) is 55.8 Å². The molecule has 2 aromatic heterocycles. The monoisotopic (exact) mass is 468 g/mol. The molecule has 2 heterocycles. The second-order valence-electron chi connectivity index (χ2n) is 6.84. The number of aromatic nitrogens is 2. The van der Waals surface area contributed by atoms with Gasteiger partial charge >= 0.3 is 5.63 Å². The second-order valence-corrected chi connectivity index (χ2v) is 7.76. The maximum absolute atomic E-state index is 12.8. The highest BCUT2D eigenvalue weighted by Crippen LogP contribution is 2.29. The predicted molar refractivity (Wildman–Crippen MR) is 116 cm³/mol. The van der Waals surface area contributed by atoms with Crippen molar-refractivity contribution in [2.45, 2.75) is 20.4 Å². The van der Waals surface area contributed by atoms with Crippen molar-refractivity contribution < 1.29 is 9.52 Å². The molecule has 0 aliphatic heterocycles. The molecule has 0 unspecified atom stereocenters. The molecular formula is C21H17BrN4O4. The van der Waals surface area contributed by atoms with Crippen molar-refractivity contribution in [3.05, 3.63) is 84.5 Å². The summed E-state index contributed by atoms with van der Waals surface area (Å²) in [5.74, 6) is -0.0755. The van der Waals surface area contributed by atoms with E-state index >= 15 is 0 Å². The number of hydrogen-bond donors (Lipinski definition) is 2. The topological polar surface area (TPSA) is 113 Å². The summed E-state index contributed by atoms with van der Waals surface area (Å²) in [4.78, 5) is 24.7. The molecule has 0 spiro atoms. The third-order valence-electron chi connectivity index (χ3n) is 4.71. The van der Waals surface area contributed by atoms with E-state index < -0.39 is 11.2 Å². The SMILES string of the molecule is Cc1[nH]n(Cc2c(O)ccc3c(C)cc(=O)oc23)c(=O)c1N=Nc1ccc(Br)cc1. The molecule has 8 nitrogen and oxygen atoms in total. The van der Waals surface area contributed by atoms with Crippen LogP contribution in [0.15, 0.2) is 71.2 Å². The number of nitrogens with zero attached hydrogens (tertiary/aromatic N) is 3. The number of aromatic amines is 1. The molecule has 0 aliphatic carbocycles. The molecule has 0 fully saturated rings. The second kappa shape index (κ2) is 7.75. The lowest BCUT2D eigenvalue weighted by Crippen LogP contribution is -2.17. The van der Waals surface area contributed by atoms with Crippen LogP contribution >= 0.6 is 15.9 Å². The van der Waals surface area contributed by atoms with Gasteiger partial charge in [-0.3, -0.25) is 9.89 Å². The van der Waals surface area contributed by atoms with E-state index in [9.17, 15) is 14.7 Å². The van der Waals surface area contributed by atoms with Crippen molar-refractivity contribution in [3.8, 4) is 5.75 Å². The lowest BCUT2D eigenvalue weighted by molar-refractivity contribution is 0.459. The van der Waals surface area contributed by atoms with Crippen molar-refractivity contribution >= 4 is 38.3 Å². The Morgan fingerprint density at radius 2 is 1.83 bits per heavy atom. The number of halogens is 1. The van der Waals surface area contributed by atoms with Crippen LogP contribution in [-0.2, 0) is 6.54 Å². The fraction of sp³-hybridized carbons (Fsp3) is 0.143. The van der Waals surface area contributed by atoms with Gasteiger partial charge < -0.3 is 9.52 Å². The normalized spacial score (nSPS) is 11.6. The van der Waals surface area contributed by atoms with Crippen LogP contribution in [0.4, 0.5) is 11.4 Å². The Labute approximate surface area is 178 Å². The highest BCUT2D eigenvalue weighted by Gasteiger charge is 2.17. The number of aryl methyl sites for hydroxylation is 2. The molecule has 9 heteroatoms. The van der Waals surface area contributed by atoms with E-state index in [4.69, 9.17) is 4.42 Å². The zero-order valence-corrected chi connectivity index (χ0v) is 17.7. The van der Waals surface area contributed by atoms with Gasteiger partial charge in [0.1, 0.15) is 11.3 Å². The number of fused-ring (bicyclic) bond motifs is 1. The van der Waals surface area contributed by atoms with Crippen LogP contribution in [0.3, 0.4) is 0 Å². The highest BCUT2D eigenvalue weighted by molar-refractivity contribution is 9.10. The summed E-state index contributed by atoms with van der Waals surface area (Å²) in [6, 6.07) is 11.8. The molecule has 2 aromatic carbocycles. The molecule has 0 bridgehead atoms. The Kier molecular flexibility index (Phi) is 5.13. The van der Waals surface area contributed by atoms with Crippen LogP contribution in [-0.4, -0.2) is 14.9 Å². The van der Waals surface area contributed by atoms with Gasteiger partial charge in [0.2, 0.25) is 0 Å². The number of benzene rings is 2. The summed E-state index contributed by atoms with van der Waals surface area (Å²) in [5.41, 5.74) is 1.67. The Bertz CT molecular complexity index is 1400. The van der Waals surface area contributed by atoms with Crippen molar-refractivity contribution in [3.63, 3.8) is 0 Å². The quantitative estimate of drug-likeness (QED) is 0.329. The largest absolute Gasteiger partial charge is 0.507 e. The molecule has 0 amide bonds. The molecule has 152 valence electrons. The first-order valence-electron chi connectivity index (χ1n) is 9.05. The van der Waals surface area contributed by atoms with Gasteiger partial charge in [-0.1, -0.05) is 15.9 Å². The fourth-order valence-electron chi connectivity index (χ4n) is 3.18. The molecule has 0 aliphatic rings. The number of hydrogen-bond acceptors (Lipinski definition) is 6. The fourth-order valence-corrected chi connectivity index (χ4v) is 3.44. The number of rotatable bonds is 4. The molecule has 0 atom stereocenters. The van der Waals surface area contributed by atoms with Gasteiger partial charge in [0.15, 0.2) is 5.69 Å². The van der Waals surface area contributed by atoms with Crippen LogP contribution in [0.5, 0.6) is 5.75 Å². The zero-order chi connectivity index (χ0) is 21.4. The average Bonchev–Trinajstić information content (AvgIpc) is 2.96. The first-order chi connectivity index (χ1) is 14.3. The lowest BCUT2D eigenvalue weighted by atomic mass is 10.1. The molecule has 0 saturated carbocycles. The van der Waals surface area contributed by atoms with Crippen LogP contribution in [0.25, 0.3) is 11.0 Å². The summed E-state index contributed by atoms with van der Waals surface area (Å²) in [6.07, 6.45) is 0. The minimum absolute atomic E-state index is 0.0248. The number of nitrogens with one attached hydrogen (secondary N) is 1. The Balaban J connectivity index is 1.74. The third-order valence-corrected chi connectivity index (χ3v) is 5.24. The summed E-state index contributed by atoms with van der Waals surface area (Å²) in [7, 11) is 0. The summed E-state index contributed by atoms with van der Waals surface area (Å²) in [5, 5.41) is 22.2. The van der Waals surface area contributed by atoms with E-state index in [0.717, 1.165) is 10.0 Å². The third kappa shape index (κ3) is 3.71. The van der Waals surface area contributed by atoms with E-state index in [1.54, 1.807) is 32.0 Å². The molecule has 30 heavy (non-hydrogen) atoms. The van der Waals surface area contributed by atoms with Crippen LogP contribution in [0, 0.1) is 13.8 Å². The first kappa shape index (κ1) is 19.8. The van der Waals surface area contributed by atoms with Crippen LogP contribution in [0.2, 0.25) is 0 Å².